The first-order chi connectivity index (χ1) is 12.1. The number of carbonyl (C=O) groups is 1. The van der Waals surface area contributed by atoms with Gasteiger partial charge in [-0.05, 0) is 55.0 Å². The number of amides is 1. The molecule has 0 N–H and O–H groups in total. The summed E-state index contributed by atoms with van der Waals surface area (Å²) in [4.78, 5) is 15.0. The highest BCUT2D eigenvalue weighted by molar-refractivity contribution is 7.89. The van der Waals surface area contributed by atoms with Crippen molar-refractivity contribution in [2.24, 2.45) is 0 Å². The minimum Gasteiger partial charge on any atom is -0.312 e. The molecule has 1 aromatic heterocycles. The van der Waals surface area contributed by atoms with Crippen molar-refractivity contribution >= 4 is 33.0 Å². The number of thiophene rings is 1. The molecule has 0 aliphatic carbocycles. The third-order valence-corrected chi connectivity index (χ3v) is 7.80. The number of rotatable bonds is 4. The fourth-order valence-electron chi connectivity index (χ4n) is 3.65. The van der Waals surface area contributed by atoms with Gasteiger partial charge in [-0.25, -0.2) is 8.42 Å². The highest BCUT2D eigenvalue weighted by Crippen LogP contribution is 2.38. The first-order valence-electron chi connectivity index (χ1n) is 8.53. The normalized spacial score (nSPS) is 22.0. The third-order valence-electron chi connectivity index (χ3n) is 4.90. The van der Waals surface area contributed by atoms with Crippen molar-refractivity contribution < 1.29 is 13.2 Å². The lowest BCUT2D eigenvalue weighted by Crippen LogP contribution is -2.30. The van der Waals surface area contributed by atoms with Gasteiger partial charge in [0.1, 0.15) is 0 Å². The van der Waals surface area contributed by atoms with Crippen LogP contribution in [0.5, 0.6) is 0 Å². The highest BCUT2D eigenvalue weighted by atomic mass is 32.2. The van der Waals surface area contributed by atoms with Crippen molar-refractivity contribution in [3.05, 3.63) is 46.7 Å². The molecule has 2 saturated heterocycles. The van der Waals surface area contributed by atoms with Crippen molar-refractivity contribution in [2.75, 3.05) is 18.0 Å². The molecule has 25 heavy (non-hydrogen) atoms. The van der Waals surface area contributed by atoms with Gasteiger partial charge in [0.15, 0.2) is 0 Å². The molecular formula is C18H20N2O3S2. The van der Waals surface area contributed by atoms with Crippen molar-refractivity contribution in [2.45, 2.75) is 36.6 Å². The maximum atomic E-state index is 13.1. The number of sulfonamides is 1. The Balaban J connectivity index is 1.60. The molecule has 2 aliphatic heterocycles. The molecule has 1 atom stereocenters. The van der Waals surface area contributed by atoms with Crippen LogP contribution in [0.25, 0.3) is 0 Å². The first-order valence-corrected chi connectivity index (χ1v) is 10.8. The average molecular weight is 377 g/mol. The first kappa shape index (κ1) is 16.8. The summed E-state index contributed by atoms with van der Waals surface area (Å²) in [6.07, 6.45) is 3.16. The van der Waals surface area contributed by atoms with Gasteiger partial charge in [-0.3, -0.25) is 4.79 Å². The molecule has 4 rings (SSSR count). The van der Waals surface area contributed by atoms with Crippen molar-refractivity contribution in [1.29, 1.82) is 0 Å². The summed E-state index contributed by atoms with van der Waals surface area (Å²) in [5.74, 6) is 0.105. The third kappa shape index (κ3) is 3.01. The molecule has 132 valence electrons. The number of anilines is 1. The number of hydrogen-bond acceptors (Lipinski definition) is 4. The molecule has 2 aliphatic rings. The Labute approximate surface area is 151 Å². The van der Waals surface area contributed by atoms with Crippen LogP contribution in [-0.4, -0.2) is 31.7 Å². The minimum atomic E-state index is -3.53. The van der Waals surface area contributed by atoms with Gasteiger partial charge < -0.3 is 4.90 Å². The summed E-state index contributed by atoms with van der Waals surface area (Å²) in [6.45, 7) is 1.26. The summed E-state index contributed by atoms with van der Waals surface area (Å²) in [5, 5.41) is 1.99. The van der Waals surface area contributed by atoms with Crippen LogP contribution in [0.3, 0.4) is 0 Å². The van der Waals surface area contributed by atoms with E-state index >= 15 is 0 Å². The molecule has 3 heterocycles. The fraction of sp³-hybridized carbons (Fsp3) is 0.389. The zero-order valence-corrected chi connectivity index (χ0v) is 15.4. The van der Waals surface area contributed by atoms with Crippen LogP contribution in [0.4, 0.5) is 5.69 Å². The van der Waals surface area contributed by atoms with E-state index in [0.717, 1.165) is 29.8 Å². The largest absolute Gasteiger partial charge is 0.312 e. The second-order valence-corrected chi connectivity index (χ2v) is 9.30. The summed E-state index contributed by atoms with van der Waals surface area (Å²) >= 11 is 1.60. The molecule has 0 spiro atoms. The molecule has 1 amide bonds. The summed E-state index contributed by atoms with van der Waals surface area (Å²) in [6, 6.07) is 10.6. The van der Waals surface area contributed by atoms with Crippen LogP contribution < -0.4 is 4.90 Å². The van der Waals surface area contributed by atoms with Crippen molar-refractivity contribution in [1.82, 2.24) is 4.31 Å². The van der Waals surface area contributed by atoms with Crippen LogP contribution in [0.1, 0.15) is 36.6 Å². The quantitative estimate of drug-likeness (QED) is 0.822. The zero-order valence-electron chi connectivity index (χ0n) is 13.8. The lowest BCUT2D eigenvalue weighted by molar-refractivity contribution is -0.117. The standard InChI is InChI=1S/C18H20N2O3S2/c21-18-6-2-11-19(18)14-7-9-15(10-8-14)25(22,23)20-12-1-4-16(20)17-5-3-13-24-17/h3,5,7-10,13,16H,1-2,4,6,11-12H2/t16-/m0/s1. The van der Waals surface area contributed by atoms with E-state index in [1.165, 1.54) is 0 Å². The summed E-state index contributed by atoms with van der Waals surface area (Å²) in [5.41, 5.74) is 0.776. The Morgan fingerprint density at radius 2 is 1.84 bits per heavy atom. The Morgan fingerprint density at radius 3 is 2.48 bits per heavy atom. The summed E-state index contributed by atoms with van der Waals surface area (Å²) in [7, 11) is -3.53. The molecular weight excluding hydrogens is 356 g/mol. The minimum absolute atomic E-state index is 0.0650. The molecule has 2 fully saturated rings. The van der Waals surface area contributed by atoms with Gasteiger partial charge in [-0.1, -0.05) is 6.07 Å². The van der Waals surface area contributed by atoms with Crippen molar-refractivity contribution in [3.63, 3.8) is 0 Å². The Hall–Kier alpha value is -1.70. The SMILES string of the molecule is O=C1CCCN1c1ccc(S(=O)(=O)N2CCC[C@H]2c2cccs2)cc1. The van der Waals surface area contributed by atoms with Crippen LogP contribution in [0, 0.1) is 0 Å². The van der Waals surface area contributed by atoms with Crippen LogP contribution >= 0.6 is 11.3 Å². The van der Waals surface area contributed by atoms with Gasteiger partial charge >= 0.3 is 0 Å². The van der Waals surface area contributed by atoms with Gasteiger partial charge in [0, 0.05) is 30.1 Å². The Kier molecular flexibility index (Phi) is 4.39. The van der Waals surface area contributed by atoms with Crippen LogP contribution in [-0.2, 0) is 14.8 Å². The van der Waals surface area contributed by atoms with Gasteiger partial charge in [-0.15, -0.1) is 11.3 Å². The van der Waals surface area contributed by atoms with Crippen LogP contribution in [0.15, 0.2) is 46.7 Å². The van der Waals surface area contributed by atoms with E-state index in [9.17, 15) is 13.2 Å². The van der Waals surface area contributed by atoms with Gasteiger partial charge in [0.05, 0.1) is 10.9 Å². The maximum Gasteiger partial charge on any atom is 0.243 e. The Bertz CT molecular complexity index is 860. The molecule has 5 nitrogen and oxygen atoms in total. The average Bonchev–Trinajstić information content (AvgIpc) is 3.35. The van der Waals surface area contributed by atoms with E-state index in [4.69, 9.17) is 0 Å². The van der Waals surface area contributed by atoms with E-state index in [2.05, 4.69) is 0 Å². The predicted octanol–water partition coefficient (Wildman–Crippen LogP) is 3.40. The van der Waals surface area contributed by atoms with E-state index < -0.39 is 10.0 Å². The van der Waals surface area contributed by atoms with Gasteiger partial charge in [0.25, 0.3) is 0 Å². The molecule has 1 aromatic carbocycles. The lowest BCUT2D eigenvalue weighted by Gasteiger charge is -2.24. The lowest BCUT2D eigenvalue weighted by atomic mass is 10.2. The van der Waals surface area contributed by atoms with Gasteiger partial charge in [-0.2, -0.15) is 4.31 Å². The number of carbonyl (C=O) groups excluding carboxylic acids is 1. The molecule has 0 radical (unpaired) electrons. The molecule has 0 saturated carbocycles. The van der Waals surface area contributed by atoms with Crippen LogP contribution in [0.2, 0.25) is 0 Å². The second kappa shape index (κ2) is 6.55. The highest BCUT2D eigenvalue weighted by Gasteiger charge is 2.36. The van der Waals surface area contributed by atoms with E-state index in [1.807, 2.05) is 17.5 Å². The van der Waals surface area contributed by atoms with Crippen molar-refractivity contribution in [3.8, 4) is 0 Å². The van der Waals surface area contributed by atoms with E-state index in [-0.39, 0.29) is 11.9 Å². The Morgan fingerprint density at radius 1 is 1.04 bits per heavy atom. The zero-order chi connectivity index (χ0) is 17.4. The van der Waals surface area contributed by atoms with Gasteiger partial charge in [0.2, 0.25) is 15.9 Å². The molecule has 0 unspecified atom stereocenters. The number of nitrogens with zero attached hydrogens (tertiary/aromatic N) is 2. The smallest absolute Gasteiger partial charge is 0.243 e. The molecule has 2 aromatic rings. The predicted molar refractivity (Wildman–Crippen MR) is 98.2 cm³/mol. The number of benzene rings is 1. The van der Waals surface area contributed by atoms with E-state index in [1.54, 1.807) is 44.8 Å². The number of hydrogen-bond donors (Lipinski definition) is 0. The maximum absolute atomic E-state index is 13.1. The molecule has 7 heteroatoms. The topological polar surface area (TPSA) is 57.7 Å². The fourth-order valence-corrected chi connectivity index (χ4v) is 6.26. The molecule has 0 bridgehead atoms. The summed E-state index contributed by atoms with van der Waals surface area (Å²) < 4.78 is 27.8. The monoisotopic (exact) mass is 376 g/mol. The second-order valence-electron chi connectivity index (χ2n) is 6.43. The van der Waals surface area contributed by atoms with E-state index in [0.29, 0.717) is 24.4 Å².